The van der Waals surface area contributed by atoms with Gasteiger partial charge in [-0.25, -0.2) is 0 Å². The first-order valence-electron chi connectivity index (χ1n) is 6.49. The minimum Gasteiger partial charge on any atom is -0.346 e. The fourth-order valence-electron chi connectivity index (χ4n) is 2.37. The zero-order valence-corrected chi connectivity index (χ0v) is 15.6. The molecule has 96 valence electrons. The molecule has 0 aliphatic rings. The lowest BCUT2D eigenvalue weighted by atomic mass is 10.5. The van der Waals surface area contributed by atoms with Crippen LogP contribution >= 0.6 is 0 Å². The van der Waals surface area contributed by atoms with Crippen LogP contribution in [-0.4, -0.2) is 36.0 Å². The van der Waals surface area contributed by atoms with Gasteiger partial charge in [0.2, 0.25) is 0 Å². The predicted molar refractivity (Wildman–Crippen MR) is 86.0 cm³/mol. The maximum Gasteiger partial charge on any atom is 0.112 e. The summed E-state index contributed by atoms with van der Waals surface area (Å²) in [7, 11) is -2.82. The van der Waals surface area contributed by atoms with Crippen molar-refractivity contribution in [2.24, 2.45) is 0 Å². The molecule has 1 nitrogen and oxygen atoms in total. The van der Waals surface area contributed by atoms with Crippen LogP contribution in [0.2, 0.25) is 51.9 Å². The SMILES string of the molecule is C=C[SiH](C)CCCN([Si](C)(C)C)[Si](C)(C)C. The topological polar surface area (TPSA) is 3.24 Å². The van der Waals surface area contributed by atoms with Gasteiger partial charge in [-0.2, -0.15) is 0 Å². The van der Waals surface area contributed by atoms with Crippen LogP contribution in [0.5, 0.6) is 0 Å². The third-order valence-electron chi connectivity index (χ3n) is 3.06. The summed E-state index contributed by atoms with van der Waals surface area (Å²) in [6.45, 7) is 22.6. The molecule has 0 aliphatic heterocycles. The second kappa shape index (κ2) is 6.33. The Morgan fingerprint density at radius 3 is 1.81 bits per heavy atom. The highest BCUT2D eigenvalue weighted by molar-refractivity contribution is 6.89. The molecule has 0 aromatic carbocycles. The van der Waals surface area contributed by atoms with E-state index in [0.29, 0.717) is 0 Å². The molecule has 0 saturated heterocycles. The Morgan fingerprint density at radius 2 is 1.50 bits per heavy atom. The minimum atomic E-state index is -1.12. The second-order valence-corrected chi connectivity index (χ2v) is 20.1. The highest BCUT2D eigenvalue weighted by Gasteiger charge is 2.33. The van der Waals surface area contributed by atoms with Gasteiger partial charge < -0.3 is 4.23 Å². The molecule has 1 atom stereocenters. The van der Waals surface area contributed by atoms with Gasteiger partial charge in [0.25, 0.3) is 0 Å². The highest BCUT2D eigenvalue weighted by Crippen LogP contribution is 2.20. The van der Waals surface area contributed by atoms with E-state index >= 15 is 0 Å². The van der Waals surface area contributed by atoms with Crippen LogP contribution in [-0.2, 0) is 0 Å². The summed E-state index contributed by atoms with van der Waals surface area (Å²) in [5, 5.41) is 0. The quantitative estimate of drug-likeness (QED) is 0.635. The zero-order chi connectivity index (χ0) is 13.0. The Balaban J connectivity index is 4.31. The van der Waals surface area contributed by atoms with Crippen molar-refractivity contribution in [3.63, 3.8) is 0 Å². The molecule has 0 aromatic rings. The Labute approximate surface area is 107 Å². The molecule has 16 heavy (non-hydrogen) atoms. The molecule has 4 heteroatoms. The van der Waals surface area contributed by atoms with Crippen LogP contribution in [0.25, 0.3) is 0 Å². The fourth-order valence-corrected chi connectivity index (χ4v) is 13.1. The van der Waals surface area contributed by atoms with Crippen molar-refractivity contribution in [2.75, 3.05) is 6.54 Å². The van der Waals surface area contributed by atoms with Gasteiger partial charge >= 0.3 is 0 Å². The first-order valence-corrected chi connectivity index (χ1v) is 16.0. The third-order valence-corrected chi connectivity index (χ3v) is 12.9. The van der Waals surface area contributed by atoms with Crippen molar-refractivity contribution in [3.05, 3.63) is 12.3 Å². The van der Waals surface area contributed by atoms with Gasteiger partial charge in [-0.05, 0) is 13.0 Å². The van der Waals surface area contributed by atoms with Crippen LogP contribution < -0.4 is 0 Å². The molecular formula is C12H31NSi3. The molecule has 0 aromatic heterocycles. The van der Waals surface area contributed by atoms with E-state index in [1.54, 1.807) is 0 Å². The summed E-state index contributed by atoms with van der Waals surface area (Å²) in [5.74, 6) is 0. The van der Waals surface area contributed by atoms with E-state index in [-0.39, 0.29) is 0 Å². The van der Waals surface area contributed by atoms with Crippen molar-refractivity contribution in [1.29, 1.82) is 0 Å². The molecule has 0 radical (unpaired) electrons. The van der Waals surface area contributed by atoms with Gasteiger partial charge in [-0.3, -0.25) is 0 Å². The van der Waals surface area contributed by atoms with Gasteiger partial charge in [0.15, 0.2) is 0 Å². The van der Waals surface area contributed by atoms with Crippen LogP contribution in [0, 0.1) is 0 Å². The molecule has 0 bridgehead atoms. The Morgan fingerprint density at radius 1 is 1.06 bits per heavy atom. The van der Waals surface area contributed by atoms with Gasteiger partial charge in [-0.1, -0.05) is 51.9 Å². The van der Waals surface area contributed by atoms with Crippen molar-refractivity contribution in [3.8, 4) is 0 Å². The van der Waals surface area contributed by atoms with Gasteiger partial charge in [0.1, 0.15) is 16.5 Å². The first kappa shape index (κ1) is 16.4. The average Bonchev–Trinajstić information content (AvgIpc) is 2.07. The lowest BCUT2D eigenvalue weighted by Crippen LogP contribution is -2.59. The number of nitrogens with zero attached hydrogens (tertiary/aromatic N) is 1. The molecule has 0 spiro atoms. The lowest BCUT2D eigenvalue weighted by Gasteiger charge is -2.43. The van der Waals surface area contributed by atoms with Crippen molar-refractivity contribution in [2.45, 2.75) is 58.3 Å². The second-order valence-electron chi connectivity index (χ2n) is 6.85. The van der Waals surface area contributed by atoms with E-state index in [9.17, 15) is 0 Å². The monoisotopic (exact) mass is 273 g/mol. The smallest absolute Gasteiger partial charge is 0.112 e. The molecule has 0 amide bonds. The van der Waals surface area contributed by atoms with E-state index in [2.05, 4.69) is 62.3 Å². The van der Waals surface area contributed by atoms with Gasteiger partial charge in [0.05, 0.1) is 8.80 Å². The van der Waals surface area contributed by atoms with E-state index < -0.39 is 25.3 Å². The Hall–Kier alpha value is 0.351. The van der Waals surface area contributed by atoms with Crippen LogP contribution in [0.15, 0.2) is 12.3 Å². The molecule has 0 rings (SSSR count). The lowest BCUT2D eigenvalue weighted by molar-refractivity contribution is 0.600. The molecule has 0 aliphatic carbocycles. The normalized spacial score (nSPS) is 15.2. The largest absolute Gasteiger partial charge is 0.346 e. The van der Waals surface area contributed by atoms with Crippen molar-refractivity contribution >= 4 is 25.3 Å². The number of hydrogen-bond donors (Lipinski definition) is 0. The molecular weight excluding hydrogens is 242 g/mol. The maximum atomic E-state index is 3.92. The Kier molecular flexibility index (Phi) is 6.47. The van der Waals surface area contributed by atoms with Crippen LogP contribution in [0.1, 0.15) is 6.42 Å². The highest BCUT2D eigenvalue weighted by atomic mass is 28.4. The van der Waals surface area contributed by atoms with Crippen LogP contribution in [0.4, 0.5) is 0 Å². The summed E-state index contributed by atoms with van der Waals surface area (Å²) < 4.78 is 2.89. The fraction of sp³-hybridized carbons (Fsp3) is 0.833. The van der Waals surface area contributed by atoms with Crippen molar-refractivity contribution in [1.82, 2.24) is 4.23 Å². The summed E-state index contributed by atoms with van der Waals surface area (Å²) in [6, 6.07) is 1.43. The van der Waals surface area contributed by atoms with Gasteiger partial charge in [-0.15, -0.1) is 12.3 Å². The van der Waals surface area contributed by atoms with Gasteiger partial charge in [0, 0.05) is 0 Å². The van der Waals surface area contributed by atoms with E-state index in [4.69, 9.17) is 0 Å². The molecule has 0 saturated carbocycles. The zero-order valence-electron chi connectivity index (χ0n) is 12.4. The summed E-state index contributed by atoms with van der Waals surface area (Å²) in [6.07, 6.45) is 1.38. The molecule has 0 fully saturated rings. The summed E-state index contributed by atoms with van der Waals surface area (Å²) >= 11 is 0. The molecule has 0 heterocycles. The number of hydrogen-bond acceptors (Lipinski definition) is 1. The van der Waals surface area contributed by atoms with E-state index in [1.807, 2.05) is 0 Å². The molecule has 0 N–H and O–H groups in total. The third kappa shape index (κ3) is 6.18. The number of rotatable bonds is 7. The maximum absolute atomic E-state index is 3.92. The first-order chi connectivity index (χ1) is 7.09. The van der Waals surface area contributed by atoms with Crippen LogP contribution in [0.3, 0.4) is 0 Å². The summed E-state index contributed by atoms with van der Waals surface area (Å²) in [4.78, 5) is 0. The molecule has 1 unspecified atom stereocenters. The summed E-state index contributed by atoms with van der Waals surface area (Å²) in [5.41, 5.74) is 2.22. The predicted octanol–water partition coefficient (Wildman–Crippen LogP) is 3.93. The van der Waals surface area contributed by atoms with E-state index in [1.165, 1.54) is 19.0 Å². The van der Waals surface area contributed by atoms with E-state index in [0.717, 1.165) is 0 Å². The minimum absolute atomic E-state index is 0.580. The van der Waals surface area contributed by atoms with Crippen molar-refractivity contribution < 1.29 is 0 Å². The Bertz CT molecular complexity index is 201. The standard InChI is InChI=1S/C12H31NSi3/c1-9-14(2)12-10-11-13(15(3,4)5)16(6,7)8/h9,14H,1,10-12H2,2-8H3. The average molecular weight is 274 g/mol.